The summed E-state index contributed by atoms with van der Waals surface area (Å²) in [5.41, 5.74) is 5.35. The summed E-state index contributed by atoms with van der Waals surface area (Å²) >= 11 is 6.11. The maximum atomic E-state index is 10.1. The quantitative estimate of drug-likeness (QED) is 0.803. The van der Waals surface area contributed by atoms with Gasteiger partial charge in [-0.05, 0) is 54.3 Å². The molecule has 0 radical (unpaired) electrons. The van der Waals surface area contributed by atoms with Gasteiger partial charge in [0.25, 0.3) is 0 Å². The van der Waals surface area contributed by atoms with Gasteiger partial charge in [-0.1, -0.05) is 35.9 Å². The Kier molecular flexibility index (Phi) is 2.98. The van der Waals surface area contributed by atoms with E-state index in [1.165, 1.54) is 22.3 Å². The van der Waals surface area contributed by atoms with Crippen LogP contribution in [0.2, 0.25) is 5.02 Å². The van der Waals surface area contributed by atoms with Crippen molar-refractivity contribution in [3.63, 3.8) is 0 Å². The van der Waals surface area contributed by atoms with Gasteiger partial charge in [0.2, 0.25) is 0 Å². The van der Waals surface area contributed by atoms with Crippen LogP contribution in [-0.4, -0.2) is 29.6 Å². The molecule has 0 saturated carbocycles. The van der Waals surface area contributed by atoms with Crippen molar-refractivity contribution in [1.82, 2.24) is 4.90 Å². The van der Waals surface area contributed by atoms with Crippen LogP contribution in [0.25, 0.3) is 0 Å². The fraction of sp³-hybridized carbons (Fsp3) is 0.333. The Bertz CT molecular complexity index is 712. The molecule has 0 fully saturated rings. The van der Waals surface area contributed by atoms with Gasteiger partial charge in [-0.2, -0.15) is 0 Å². The number of rotatable bonds is 0. The van der Waals surface area contributed by atoms with E-state index in [4.69, 9.17) is 11.6 Å². The number of aromatic hydroxyl groups is 1. The molecule has 2 aromatic rings. The monoisotopic (exact) mass is 299 g/mol. The average molecular weight is 300 g/mol. The number of phenols is 1. The Balaban J connectivity index is 1.94. The van der Waals surface area contributed by atoms with Gasteiger partial charge >= 0.3 is 0 Å². The van der Waals surface area contributed by atoms with Gasteiger partial charge in [0.05, 0.1) is 5.02 Å². The lowest BCUT2D eigenvalue weighted by Gasteiger charge is -2.27. The number of halogens is 1. The fourth-order valence-corrected chi connectivity index (χ4v) is 4.13. The first-order valence-electron chi connectivity index (χ1n) is 7.44. The maximum absolute atomic E-state index is 10.1. The molecular formula is C18H18ClNO. The lowest BCUT2D eigenvalue weighted by molar-refractivity contribution is 0.244. The molecule has 1 aliphatic carbocycles. The van der Waals surface area contributed by atoms with E-state index >= 15 is 0 Å². The lowest BCUT2D eigenvalue weighted by atomic mass is 9.87. The molecule has 0 aromatic heterocycles. The largest absolute Gasteiger partial charge is 0.506 e. The molecule has 0 amide bonds. The topological polar surface area (TPSA) is 23.5 Å². The van der Waals surface area contributed by atoms with Crippen molar-refractivity contribution in [1.29, 1.82) is 0 Å². The first-order valence-corrected chi connectivity index (χ1v) is 7.82. The summed E-state index contributed by atoms with van der Waals surface area (Å²) in [5, 5.41) is 10.5. The van der Waals surface area contributed by atoms with Gasteiger partial charge in [-0.3, -0.25) is 0 Å². The average Bonchev–Trinajstić information content (AvgIpc) is 2.81. The van der Waals surface area contributed by atoms with E-state index in [1.54, 1.807) is 0 Å². The first kappa shape index (κ1) is 13.2. The zero-order valence-corrected chi connectivity index (χ0v) is 12.8. The Hall–Kier alpha value is -1.51. The summed E-state index contributed by atoms with van der Waals surface area (Å²) in [6.07, 6.45) is 2.07. The number of hydrogen-bond acceptors (Lipinski definition) is 2. The van der Waals surface area contributed by atoms with Crippen LogP contribution in [-0.2, 0) is 12.8 Å². The summed E-state index contributed by atoms with van der Waals surface area (Å²) < 4.78 is 0. The van der Waals surface area contributed by atoms with Gasteiger partial charge in [0, 0.05) is 18.5 Å². The van der Waals surface area contributed by atoms with Crippen molar-refractivity contribution in [2.24, 2.45) is 0 Å². The Labute approximate surface area is 130 Å². The standard InChI is InChI=1S/C18H18ClNO/c1-20-7-6-12-8-15(19)17(21)10-14(12)18-13-5-3-2-4-11(13)9-16(18)20/h2-5,8,10,16,18,21H,6-7,9H2,1H3/t16-,18+/m0/s1. The molecule has 0 bridgehead atoms. The SMILES string of the molecule is CN1CCc2cc(Cl)c(O)cc2[C@H]2c3ccccc3C[C@@H]21. The van der Waals surface area contributed by atoms with Gasteiger partial charge in [-0.25, -0.2) is 0 Å². The highest BCUT2D eigenvalue weighted by Gasteiger charge is 2.38. The Morgan fingerprint density at radius 2 is 1.95 bits per heavy atom. The van der Waals surface area contributed by atoms with Crippen LogP contribution in [0.1, 0.15) is 28.2 Å². The maximum Gasteiger partial charge on any atom is 0.134 e. The Morgan fingerprint density at radius 3 is 2.81 bits per heavy atom. The smallest absolute Gasteiger partial charge is 0.134 e. The van der Waals surface area contributed by atoms with Crippen LogP contribution in [0.4, 0.5) is 0 Å². The van der Waals surface area contributed by atoms with Gasteiger partial charge in [0.1, 0.15) is 5.75 Å². The second kappa shape index (κ2) is 4.75. The highest BCUT2D eigenvalue weighted by Crippen LogP contribution is 2.45. The number of phenolic OH excluding ortho intramolecular Hbond substituents is 1. The molecular weight excluding hydrogens is 282 g/mol. The van der Waals surface area contributed by atoms with Crippen LogP contribution in [0.15, 0.2) is 36.4 Å². The molecule has 0 saturated heterocycles. The third-order valence-corrected chi connectivity index (χ3v) is 5.35. The highest BCUT2D eigenvalue weighted by molar-refractivity contribution is 6.32. The van der Waals surface area contributed by atoms with Crippen molar-refractivity contribution < 1.29 is 5.11 Å². The van der Waals surface area contributed by atoms with Crippen molar-refractivity contribution in [2.75, 3.05) is 13.6 Å². The molecule has 1 aliphatic heterocycles. The summed E-state index contributed by atoms with van der Waals surface area (Å²) in [7, 11) is 2.21. The van der Waals surface area contributed by atoms with Crippen molar-refractivity contribution >= 4 is 11.6 Å². The van der Waals surface area contributed by atoms with E-state index in [1.807, 2.05) is 12.1 Å². The van der Waals surface area contributed by atoms with Crippen molar-refractivity contribution in [3.8, 4) is 5.75 Å². The normalized spacial score (nSPS) is 24.1. The van der Waals surface area contributed by atoms with Gasteiger partial charge < -0.3 is 10.0 Å². The predicted molar refractivity (Wildman–Crippen MR) is 85.2 cm³/mol. The molecule has 2 aromatic carbocycles. The number of likely N-dealkylation sites (N-methyl/N-ethyl adjacent to an activating group) is 1. The number of benzene rings is 2. The number of hydrogen-bond donors (Lipinski definition) is 1. The van der Waals surface area contributed by atoms with Crippen molar-refractivity contribution in [2.45, 2.75) is 24.8 Å². The molecule has 2 atom stereocenters. The Morgan fingerprint density at radius 1 is 1.14 bits per heavy atom. The third-order valence-electron chi connectivity index (χ3n) is 5.05. The first-order chi connectivity index (χ1) is 10.1. The van der Waals surface area contributed by atoms with E-state index in [0.717, 1.165) is 19.4 Å². The summed E-state index contributed by atoms with van der Waals surface area (Å²) in [6.45, 7) is 1.03. The van der Waals surface area contributed by atoms with E-state index in [2.05, 4.69) is 36.2 Å². The minimum atomic E-state index is 0.197. The molecule has 3 heteroatoms. The molecule has 1 N–H and O–H groups in total. The van der Waals surface area contributed by atoms with Gasteiger partial charge in [-0.15, -0.1) is 0 Å². The number of nitrogens with zero attached hydrogens (tertiary/aromatic N) is 1. The number of fused-ring (bicyclic) bond motifs is 5. The van der Waals surface area contributed by atoms with Crippen LogP contribution in [0.5, 0.6) is 5.75 Å². The van der Waals surface area contributed by atoms with E-state index in [0.29, 0.717) is 17.0 Å². The minimum Gasteiger partial charge on any atom is -0.506 e. The summed E-state index contributed by atoms with van der Waals surface area (Å²) in [6, 6.07) is 13.0. The van der Waals surface area contributed by atoms with Crippen LogP contribution >= 0.6 is 11.6 Å². The molecule has 0 unspecified atom stereocenters. The molecule has 1 heterocycles. The van der Waals surface area contributed by atoms with Crippen LogP contribution < -0.4 is 0 Å². The van der Waals surface area contributed by atoms with E-state index in [9.17, 15) is 5.11 Å². The zero-order valence-electron chi connectivity index (χ0n) is 12.0. The van der Waals surface area contributed by atoms with Gasteiger partial charge in [0.15, 0.2) is 0 Å². The van der Waals surface area contributed by atoms with Crippen LogP contribution in [0.3, 0.4) is 0 Å². The van der Waals surface area contributed by atoms with Crippen molar-refractivity contribution in [3.05, 3.63) is 63.7 Å². The second-order valence-corrected chi connectivity index (χ2v) is 6.59. The molecule has 2 aliphatic rings. The summed E-state index contributed by atoms with van der Waals surface area (Å²) in [4.78, 5) is 2.45. The zero-order chi connectivity index (χ0) is 14.6. The molecule has 4 rings (SSSR count). The second-order valence-electron chi connectivity index (χ2n) is 6.18. The predicted octanol–water partition coefficient (Wildman–Crippen LogP) is 3.59. The molecule has 21 heavy (non-hydrogen) atoms. The molecule has 108 valence electrons. The minimum absolute atomic E-state index is 0.197. The van der Waals surface area contributed by atoms with E-state index < -0.39 is 0 Å². The fourth-order valence-electron chi connectivity index (χ4n) is 3.95. The third kappa shape index (κ3) is 1.97. The lowest BCUT2D eigenvalue weighted by Crippen LogP contribution is -2.34. The molecule has 0 spiro atoms. The van der Waals surface area contributed by atoms with E-state index in [-0.39, 0.29) is 5.75 Å². The van der Waals surface area contributed by atoms with Crippen LogP contribution in [0, 0.1) is 0 Å². The molecule has 2 nitrogen and oxygen atoms in total. The highest BCUT2D eigenvalue weighted by atomic mass is 35.5. The summed E-state index contributed by atoms with van der Waals surface area (Å²) in [5.74, 6) is 0.537.